The largest absolute Gasteiger partial charge is 0.328 e. The lowest BCUT2D eigenvalue weighted by molar-refractivity contribution is -0.114. The van der Waals surface area contributed by atoms with Crippen LogP contribution < -0.4 is 10.9 Å². The summed E-state index contributed by atoms with van der Waals surface area (Å²) in [5, 5.41) is 7.19. The van der Waals surface area contributed by atoms with Crippen LogP contribution in [0.15, 0.2) is 63.0 Å². The van der Waals surface area contributed by atoms with Crippen LogP contribution in [0.1, 0.15) is 17.0 Å². The van der Waals surface area contributed by atoms with Gasteiger partial charge in [0, 0.05) is 0 Å². The number of anilines is 1. The molecule has 30 heavy (non-hydrogen) atoms. The summed E-state index contributed by atoms with van der Waals surface area (Å²) >= 11 is 1.18. The molecule has 0 atom stereocenters. The molecule has 0 radical (unpaired) electrons. The molecule has 2 aromatic heterocycles. The van der Waals surface area contributed by atoms with Gasteiger partial charge >= 0.3 is 6.01 Å². The Balaban J connectivity index is 1.62. The first-order valence-corrected chi connectivity index (χ1v) is 10.3. The van der Waals surface area contributed by atoms with Gasteiger partial charge in [-0.05, 0) is 31.5 Å². The number of amides is 1. The maximum Gasteiger partial charge on any atom is 0.328 e. The van der Waals surface area contributed by atoms with Gasteiger partial charge in [-0.2, -0.15) is 4.98 Å². The molecule has 0 fully saturated rings. The molecule has 9 heteroatoms. The van der Waals surface area contributed by atoms with E-state index < -0.39 is 0 Å². The van der Waals surface area contributed by atoms with Crippen molar-refractivity contribution in [2.75, 3.05) is 11.1 Å². The van der Waals surface area contributed by atoms with Crippen molar-refractivity contribution in [1.29, 1.82) is 0 Å². The summed E-state index contributed by atoms with van der Waals surface area (Å²) < 4.78 is 6.50. The minimum atomic E-state index is -0.326. The molecule has 0 saturated carbocycles. The molecule has 1 amide bonds. The quantitative estimate of drug-likeness (QED) is 0.377. The molecule has 0 bridgehead atoms. The van der Waals surface area contributed by atoms with E-state index in [0.29, 0.717) is 28.4 Å². The number of fused-ring (bicyclic) bond motifs is 1. The highest BCUT2D eigenvalue weighted by molar-refractivity contribution is 7.99. The lowest BCUT2D eigenvalue weighted by Crippen LogP contribution is -2.25. The third-order valence-corrected chi connectivity index (χ3v) is 5.37. The number of carbonyl (C=O) groups excluding carboxylic acids is 1. The van der Waals surface area contributed by atoms with Crippen molar-refractivity contribution in [3.8, 4) is 0 Å². The first-order chi connectivity index (χ1) is 14.5. The lowest BCUT2D eigenvalue weighted by atomic mass is 10.1. The lowest BCUT2D eigenvalue weighted by Gasteiger charge is -2.13. The number of nitrogens with one attached hydrogen (secondary N) is 1. The van der Waals surface area contributed by atoms with Crippen molar-refractivity contribution in [3.63, 3.8) is 0 Å². The molecule has 2 aromatic carbocycles. The zero-order chi connectivity index (χ0) is 21.1. The molecule has 4 aromatic rings. The zero-order valence-corrected chi connectivity index (χ0v) is 17.3. The van der Waals surface area contributed by atoms with E-state index in [0.717, 1.165) is 11.1 Å². The molecule has 0 unspecified atom stereocenters. The van der Waals surface area contributed by atoms with Crippen LogP contribution in [0, 0.1) is 13.8 Å². The monoisotopic (exact) mass is 421 g/mol. The number of aromatic nitrogens is 4. The molecular formula is C21H19N5O3S. The first kappa shape index (κ1) is 19.8. The van der Waals surface area contributed by atoms with E-state index in [4.69, 9.17) is 4.52 Å². The van der Waals surface area contributed by atoms with Crippen LogP contribution in [-0.2, 0) is 11.3 Å². The fraction of sp³-hybridized carbons (Fsp3) is 0.190. The maximum absolute atomic E-state index is 13.1. The second-order valence-electron chi connectivity index (χ2n) is 6.77. The summed E-state index contributed by atoms with van der Waals surface area (Å²) in [5.74, 6) is 0.147. The molecule has 2 heterocycles. The Morgan fingerprint density at radius 2 is 1.87 bits per heavy atom. The highest BCUT2D eigenvalue weighted by Gasteiger charge is 2.15. The zero-order valence-electron chi connectivity index (χ0n) is 16.5. The number of nitrogens with zero attached hydrogens (tertiary/aromatic N) is 4. The van der Waals surface area contributed by atoms with E-state index in [1.54, 1.807) is 23.6 Å². The van der Waals surface area contributed by atoms with Crippen LogP contribution in [0.25, 0.3) is 10.9 Å². The minimum absolute atomic E-state index is 0.0418. The second-order valence-corrected chi connectivity index (χ2v) is 7.71. The van der Waals surface area contributed by atoms with E-state index in [-0.39, 0.29) is 23.2 Å². The van der Waals surface area contributed by atoms with Crippen LogP contribution in [-0.4, -0.2) is 31.4 Å². The van der Waals surface area contributed by atoms with E-state index in [2.05, 4.69) is 20.4 Å². The van der Waals surface area contributed by atoms with Crippen LogP contribution in [0.4, 0.5) is 6.01 Å². The van der Waals surface area contributed by atoms with E-state index in [1.165, 1.54) is 11.8 Å². The Bertz CT molecular complexity index is 1260. The highest BCUT2D eigenvalue weighted by Crippen LogP contribution is 2.19. The summed E-state index contributed by atoms with van der Waals surface area (Å²) in [6, 6.07) is 15.2. The fourth-order valence-corrected chi connectivity index (χ4v) is 3.71. The van der Waals surface area contributed by atoms with Crippen molar-refractivity contribution in [2.24, 2.45) is 0 Å². The number of benzene rings is 2. The summed E-state index contributed by atoms with van der Waals surface area (Å²) in [4.78, 5) is 34.0. The average Bonchev–Trinajstić information content (AvgIpc) is 3.15. The van der Waals surface area contributed by atoms with Crippen LogP contribution in [0.5, 0.6) is 0 Å². The number of aryl methyl sites for hydroxylation is 2. The summed E-state index contributed by atoms with van der Waals surface area (Å²) in [6.07, 6.45) is 0. The number of para-hydroxylation sites is 1. The Kier molecular flexibility index (Phi) is 5.62. The molecule has 0 aliphatic heterocycles. The molecule has 0 aliphatic carbocycles. The Labute approximate surface area is 176 Å². The number of hydrogen-bond donors (Lipinski definition) is 1. The third kappa shape index (κ3) is 4.41. The highest BCUT2D eigenvalue weighted by atomic mass is 32.2. The summed E-state index contributed by atoms with van der Waals surface area (Å²) in [6.45, 7) is 4.04. The smallest absolute Gasteiger partial charge is 0.315 e. The molecular weight excluding hydrogens is 402 g/mol. The van der Waals surface area contributed by atoms with Crippen molar-refractivity contribution in [3.05, 3.63) is 75.8 Å². The normalized spacial score (nSPS) is 11.0. The number of hydrogen-bond acceptors (Lipinski definition) is 7. The van der Waals surface area contributed by atoms with Gasteiger partial charge in [-0.15, -0.1) is 0 Å². The van der Waals surface area contributed by atoms with Crippen LogP contribution >= 0.6 is 11.8 Å². The van der Waals surface area contributed by atoms with Crippen molar-refractivity contribution < 1.29 is 9.32 Å². The van der Waals surface area contributed by atoms with Gasteiger partial charge in [0.2, 0.25) is 5.91 Å². The molecule has 0 saturated heterocycles. The molecule has 8 nitrogen and oxygen atoms in total. The third-order valence-electron chi connectivity index (χ3n) is 4.39. The first-order valence-electron chi connectivity index (χ1n) is 9.28. The van der Waals surface area contributed by atoms with Crippen molar-refractivity contribution in [2.45, 2.75) is 25.5 Å². The number of thioether (sulfide) groups is 1. The minimum Gasteiger partial charge on any atom is -0.315 e. The van der Waals surface area contributed by atoms with Crippen molar-refractivity contribution >= 4 is 34.6 Å². The van der Waals surface area contributed by atoms with E-state index in [9.17, 15) is 9.59 Å². The van der Waals surface area contributed by atoms with Gasteiger partial charge in [0.05, 0.1) is 23.2 Å². The van der Waals surface area contributed by atoms with Gasteiger partial charge in [-0.1, -0.05) is 58.9 Å². The number of rotatable bonds is 6. The second kappa shape index (κ2) is 8.50. The summed E-state index contributed by atoms with van der Waals surface area (Å²) in [5.41, 5.74) is 2.58. The molecule has 0 aliphatic rings. The summed E-state index contributed by atoms with van der Waals surface area (Å²) in [7, 11) is 0. The molecule has 152 valence electrons. The average molecular weight is 421 g/mol. The molecule has 1 N–H and O–H groups in total. The van der Waals surface area contributed by atoms with Gasteiger partial charge in [0.25, 0.3) is 5.56 Å². The van der Waals surface area contributed by atoms with Crippen LogP contribution in [0.3, 0.4) is 0 Å². The SMILES string of the molecule is Cc1ccc(Cn2c(SCC(=O)Nc3nc(C)no3)nc3ccccc3c2=O)cc1. The predicted octanol–water partition coefficient (Wildman–Crippen LogP) is 3.18. The fourth-order valence-electron chi connectivity index (χ4n) is 2.91. The van der Waals surface area contributed by atoms with Gasteiger partial charge in [-0.3, -0.25) is 19.5 Å². The molecule has 0 spiro atoms. The standard InChI is InChI=1S/C21H19N5O3S/c1-13-7-9-15(10-8-13)11-26-19(28)16-5-3-4-6-17(16)23-21(26)30-12-18(27)24-20-22-14(2)25-29-20/h3-10H,11-12H2,1-2H3,(H,22,24,25,27). The van der Waals surface area contributed by atoms with E-state index in [1.807, 2.05) is 43.3 Å². The Morgan fingerprint density at radius 3 is 2.60 bits per heavy atom. The predicted molar refractivity (Wildman–Crippen MR) is 115 cm³/mol. The van der Waals surface area contributed by atoms with Crippen molar-refractivity contribution in [1.82, 2.24) is 19.7 Å². The Morgan fingerprint density at radius 1 is 1.10 bits per heavy atom. The molecule has 4 rings (SSSR count). The van der Waals surface area contributed by atoms with Gasteiger partial charge in [0.1, 0.15) is 0 Å². The van der Waals surface area contributed by atoms with Crippen LogP contribution in [0.2, 0.25) is 0 Å². The maximum atomic E-state index is 13.1. The van der Waals surface area contributed by atoms with Gasteiger partial charge in [0.15, 0.2) is 11.0 Å². The van der Waals surface area contributed by atoms with E-state index >= 15 is 0 Å². The Hall–Kier alpha value is -3.46. The van der Waals surface area contributed by atoms with Gasteiger partial charge < -0.3 is 4.52 Å². The topological polar surface area (TPSA) is 103 Å². The number of carbonyl (C=O) groups is 1. The van der Waals surface area contributed by atoms with Gasteiger partial charge in [-0.25, -0.2) is 4.98 Å².